The molecule has 0 radical (unpaired) electrons. The second-order valence-electron chi connectivity index (χ2n) is 3.75. The van der Waals surface area contributed by atoms with Crippen LogP contribution in [0.3, 0.4) is 0 Å². The molecular formula is C10H11Br2N3O2. The second-order valence-corrected chi connectivity index (χ2v) is 5.21. The zero-order chi connectivity index (χ0) is 12.4. The van der Waals surface area contributed by atoms with Crippen molar-refractivity contribution in [1.82, 2.24) is 9.97 Å². The first-order valence-electron chi connectivity index (χ1n) is 5.08. The van der Waals surface area contributed by atoms with Crippen LogP contribution in [-0.4, -0.2) is 34.9 Å². The monoisotopic (exact) mass is 363 g/mol. The number of methoxy groups -OCH3 is 1. The number of aromatic nitrogens is 2. The van der Waals surface area contributed by atoms with Gasteiger partial charge in [-0.1, -0.05) is 15.9 Å². The fourth-order valence-electron chi connectivity index (χ4n) is 1.76. The predicted octanol–water partition coefficient (Wildman–Crippen LogP) is 2.00. The maximum Gasteiger partial charge on any atom is 0.258 e. The molecule has 1 aromatic heterocycles. The molecule has 0 saturated carbocycles. The molecule has 0 N–H and O–H groups in total. The quantitative estimate of drug-likeness (QED) is 0.770. The summed E-state index contributed by atoms with van der Waals surface area (Å²) in [6, 6.07) is 0. The molecule has 17 heavy (non-hydrogen) atoms. The third kappa shape index (κ3) is 2.60. The average molecular weight is 365 g/mol. The molecule has 1 aromatic rings. The maximum atomic E-state index is 11.9. The molecule has 1 aliphatic heterocycles. The van der Waals surface area contributed by atoms with E-state index >= 15 is 0 Å². The highest BCUT2D eigenvalue weighted by Gasteiger charge is 2.32. The molecule has 92 valence electrons. The number of nitrogens with zero attached hydrogens (tertiary/aromatic N) is 3. The maximum absolute atomic E-state index is 11.9. The summed E-state index contributed by atoms with van der Waals surface area (Å²) in [4.78, 5) is 21.8. The molecule has 0 aliphatic carbocycles. The topological polar surface area (TPSA) is 55.3 Å². The van der Waals surface area contributed by atoms with Crippen molar-refractivity contribution < 1.29 is 9.53 Å². The molecule has 2 heterocycles. The Hall–Kier alpha value is -0.690. The first-order valence-corrected chi connectivity index (χ1v) is 7.00. The number of carbonyl (C=O) groups excluding carboxylic acids is 1. The van der Waals surface area contributed by atoms with E-state index in [1.807, 2.05) is 0 Å². The van der Waals surface area contributed by atoms with Gasteiger partial charge < -0.3 is 4.74 Å². The van der Waals surface area contributed by atoms with Crippen LogP contribution in [0.5, 0.6) is 5.88 Å². The van der Waals surface area contributed by atoms with Gasteiger partial charge in [0.1, 0.15) is 4.60 Å². The van der Waals surface area contributed by atoms with Crippen LogP contribution in [0, 0.1) is 5.92 Å². The van der Waals surface area contributed by atoms with Crippen LogP contribution in [-0.2, 0) is 4.79 Å². The van der Waals surface area contributed by atoms with E-state index in [0.29, 0.717) is 35.2 Å². The van der Waals surface area contributed by atoms with E-state index in [0.717, 1.165) is 5.33 Å². The van der Waals surface area contributed by atoms with Gasteiger partial charge in [-0.15, -0.1) is 0 Å². The van der Waals surface area contributed by atoms with Crippen LogP contribution in [0.15, 0.2) is 10.8 Å². The molecule has 2 rings (SSSR count). The number of alkyl halides is 1. The largest absolute Gasteiger partial charge is 0.478 e. The number of amides is 1. The summed E-state index contributed by atoms with van der Waals surface area (Å²) in [5.41, 5.74) is 0. The Morgan fingerprint density at radius 3 is 3.00 bits per heavy atom. The fraction of sp³-hybridized carbons (Fsp3) is 0.500. The Labute approximate surface area is 116 Å². The van der Waals surface area contributed by atoms with Crippen LogP contribution in [0.1, 0.15) is 6.42 Å². The minimum Gasteiger partial charge on any atom is -0.478 e. The zero-order valence-electron chi connectivity index (χ0n) is 9.19. The van der Waals surface area contributed by atoms with Crippen LogP contribution in [0.4, 0.5) is 5.82 Å². The van der Waals surface area contributed by atoms with Gasteiger partial charge in [0.2, 0.25) is 5.91 Å². The number of hydrogen-bond acceptors (Lipinski definition) is 4. The van der Waals surface area contributed by atoms with Gasteiger partial charge in [-0.25, -0.2) is 9.97 Å². The minimum atomic E-state index is 0.0596. The van der Waals surface area contributed by atoms with Crippen molar-refractivity contribution in [3.05, 3.63) is 10.8 Å². The fourth-order valence-corrected chi connectivity index (χ4v) is 2.45. The summed E-state index contributed by atoms with van der Waals surface area (Å²) in [5.74, 6) is 1.23. The molecule has 5 nitrogen and oxygen atoms in total. The van der Waals surface area contributed by atoms with Gasteiger partial charge in [-0.05, 0) is 21.8 Å². The summed E-state index contributed by atoms with van der Waals surface area (Å²) in [6.45, 7) is 0.650. The Bertz CT molecular complexity index is 442. The molecule has 0 aromatic carbocycles. The SMILES string of the molecule is COc1nc(Br)cnc1N1CC(CBr)CC1=O. The summed E-state index contributed by atoms with van der Waals surface area (Å²) in [6.07, 6.45) is 2.10. The van der Waals surface area contributed by atoms with Crippen LogP contribution >= 0.6 is 31.9 Å². The molecular weight excluding hydrogens is 354 g/mol. The summed E-state index contributed by atoms with van der Waals surface area (Å²) in [5, 5.41) is 0.807. The Balaban J connectivity index is 2.31. The lowest BCUT2D eigenvalue weighted by atomic mass is 10.2. The average Bonchev–Trinajstić information content (AvgIpc) is 2.70. The lowest BCUT2D eigenvalue weighted by molar-refractivity contribution is -0.117. The number of anilines is 1. The Morgan fingerprint density at radius 1 is 1.65 bits per heavy atom. The predicted molar refractivity (Wildman–Crippen MR) is 70.5 cm³/mol. The highest BCUT2D eigenvalue weighted by molar-refractivity contribution is 9.10. The van der Waals surface area contributed by atoms with Gasteiger partial charge in [-0.3, -0.25) is 9.69 Å². The molecule has 1 saturated heterocycles. The van der Waals surface area contributed by atoms with Crippen molar-refractivity contribution in [1.29, 1.82) is 0 Å². The normalized spacial score (nSPS) is 19.8. The molecule has 7 heteroatoms. The van der Waals surface area contributed by atoms with E-state index in [-0.39, 0.29) is 5.91 Å². The standard InChI is InChI=1S/C10H11Br2N3O2/c1-17-10-9(13-4-7(12)14-10)15-5-6(3-11)2-8(15)16/h4,6H,2-3,5H2,1H3. The van der Waals surface area contributed by atoms with Gasteiger partial charge in [0.25, 0.3) is 5.88 Å². The Kier molecular flexibility index (Phi) is 3.98. The van der Waals surface area contributed by atoms with E-state index in [9.17, 15) is 4.79 Å². The number of halogens is 2. The first kappa shape index (κ1) is 12.8. The number of ether oxygens (including phenoxy) is 1. The highest BCUT2D eigenvalue weighted by atomic mass is 79.9. The van der Waals surface area contributed by atoms with Crippen LogP contribution < -0.4 is 9.64 Å². The Morgan fingerprint density at radius 2 is 2.41 bits per heavy atom. The lowest BCUT2D eigenvalue weighted by Crippen LogP contribution is -2.26. The van der Waals surface area contributed by atoms with Crippen molar-refractivity contribution in [2.24, 2.45) is 5.92 Å². The van der Waals surface area contributed by atoms with Crippen molar-refractivity contribution in [3.8, 4) is 5.88 Å². The summed E-state index contributed by atoms with van der Waals surface area (Å²) < 4.78 is 5.73. The van der Waals surface area contributed by atoms with E-state index in [1.165, 1.54) is 7.11 Å². The van der Waals surface area contributed by atoms with Gasteiger partial charge >= 0.3 is 0 Å². The molecule has 1 unspecified atom stereocenters. The summed E-state index contributed by atoms with van der Waals surface area (Å²) >= 11 is 6.62. The number of rotatable bonds is 3. The number of carbonyl (C=O) groups is 1. The lowest BCUT2D eigenvalue weighted by Gasteiger charge is -2.17. The van der Waals surface area contributed by atoms with E-state index in [1.54, 1.807) is 11.1 Å². The first-order chi connectivity index (χ1) is 8.15. The van der Waals surface area contributed by atoms with Gasteiger partial charge in [0.15, 0.2) is 5.82 Å². The van der Waals surface area contributed by atoms with Crippen LogP contribution in [0.2, 0.25) is 0 Å². The van der Waals surface area contributed by atoms with Gasteiger partial charge in [0.05, 0.1) is 13.3 Å². The third-order valence-electron chi connectivity index (χ3n) is 2.57. The molecule has 0 bridgehead atoms. The zero-order valence-corrected chi connectivity index (χ0v) is 12.4. The van der Waals surface area contributed by atoms with Crippen LogP contribution in [0.25, 0.3) is 0 Å². The van der Waals surface area contributed by atoms with E-state index in [4.69, 9.17) is 4.74 Å². The third-order valence-corrected chi connectivity index (χ3v) is 3.86. The van der Waals surface area contributed by atoms with Gasteiger partial charge in [-0.2, -0.15) is 0 Å². The smallest absolute Gasteiger partial charge is 0.258 e. The molecule has 1 fully saturated rings. The number of hydrogen-bond donors (Lipinski definition) is 0. The summed E-state index contributed by atoms with van der Waals surface area (Å²) in [7, 11) is 1.52. The molecule has 1 amide bonds. The second kappa shape index (κ2) is 5.30. The minimum absolute atomic E-state index is 0.0596. The van der Waals surface area contributed by atoms with Crippen molar-refractivity contribution in [3.63, 3.8) is 0 Å². The van der Waals surface area contributed by atoms with Crippen molar-refractivity contribution in [2.45, 2.75) is 6.42 Å². The van der Waals surface area contributed by atoms with Gasteiger partial charge in [0, 0.05) is 18.3 Å². The van der Waals surface area contributed by atoms with E-state index < -0.39 is 0 Å². The highest BCUT2D eigenvalue weighted by Crippen LogP contribution is 2.30. The molecule has 1 aliphatic rings. The molecule has 1 atom stereocenters. The van der Waals surface area contributed by atoms with E-state index in [2.05, 4.69) is 41.8 Å². The van der Waals surface area contributed by atoms with Crippen molar-refractivity contribution in [2.75, 3.05) is 23.9 Å². The molecule has 0 spiro atoms. The van der Waals surface area contributed by atoms with Crippen molar-refractivity contribution >= 4 is 43.6 Å².